The van der Waals surface area contributed by atoms with Crippen LogP contribution in [0.25, 0.3) is 12.2 Å². The van der Waals surface area contributed by atoms with Crippen LogP contribution in [0.15, 0.2) is 10.7 Å². The minimum Gasteiger partial charge on any atom is -0.487 e. The number of fused-ring (bicyclic) bond motifs is 1. The summed E-state index contributed by atoms with van der Waals surface area (Å²) in [7, 11) is 3.84. The third-order valence-electron chi connectivity index (χ3n) is 2.68. The number of aliphatic hydroxyl groups excluding tert-OH is 1. The zero-order chi connectivity index (χ0) is 12.3. The van der Waals surface area contributed by atoms with Gasteiger partial charge in [0, 0.05) is 6.54 Å². The van der Waals surface area contributed by atoms with Crippen molar-refractivity contribution in [1.82, 2.24) is 4.90 Å². The molecule has 94 valence electrons. The van der Waals surface area contributed by atoms with Crippen LogP contribution in [0.3, 0.4) is 0 Å². The highest BCUT2D eigenvalue weighted by molar-refractivity contribution is 5.40. The van der Waals surface area contributed by atoms with E-state index in [0.717, 1.165) is 29.2 Å². The monoisotopic (exact) mass is 237 g/mol. The quantitative estimate of drug-likeness (QED) is 0.779. The molecule has 1 aromatic heterocycles. The maximum Gasteiger partial charge on any atom is 0.165 e. The number of aliphatic hydroxyl groups is 1. The Hall–Kier alpha value is -1.26. The van der Waals surface area contributed by atoms with Gasteiger partial charge < -0.3 is 19.2 Å². The van der Waals surface area contributed by atoms with Gasteiger partial charge in [-0.1, -0.05) is 6.08 Å². The Bertz CT molecular complexity index is 475. The predicted octanol–water partition coefficient (Wildman–Crippen LogP) is -0.0643. The topological polar surface area (TPSA) is 45.8 Å². The van der Waals surface area contributed by atoms with E-state index >= 15 is 0 Å². The van der Waals surface area contributed by atoms with Gasteiger partial charge in [0.2, 0.25) is 0 Å². The average molecular weight is 237 g/mol. The van der Waals surface area contributed by atoms with Crippen molar-refractivity contribution in [2.45, 2.75) is 18.9 Å². The Morgan fingerprint density at radius 1 is 1.41 bits per heavy atom. The van der Waals surface area contributed by atoms with Gasteiger partial charge in [-0.25, -0.2) is 0 Å². The second kappa shape index (κ2) is 5.38. The van der Waals surface area contributed by atoms with Gasteiger partial charge in [-0.15, -0.1) is 0 Å². The number of hydrogen-bond donors (Lipinski definition) is 1. The Morgan fingerprint density at radius 3 is 2.94 bits per heavy atom. The molecule has 0 fully saturated rings. The van der Waals surface area contributed by atoms with Crippen LogP contribution in [0.1, 0.15) is 12.8 Å². The smallest absolute Gasteiger partial charge is 0.165 e. The van der Waals surface area contributed by atoms with Gasteiger partial charge in [0.15, 0.2) is 5.75 Å². The third-order valence-corrected chi connectivity index (χ3v) is 2.68. The van der Waals surface area contributed by atoms with Gasteiger partial charge in [-0.2, -0.15) is 0 Å². The van der Waals surface area contributed by atoms with Gasteiger partial charge in [-0.3, -0.25) is 0 Å². The Morgan fingerprint density at radius 2 is 2.18 bits per heavy atom. The molecule has 1 aromatic rings. The highest BCUT2D eigenvalue weighted by Crippen LogP contribution is 2.05. The Kier molecular flexibility index (Phi) is 3.86. The minimum atomic E-state index is -0.483. The molecule has 0 radical (unpaired) electrons. The summed E-state index contributed by atoms with van der Waals surface area (Å²) in [5.74, 6) is 0.730. The fourth-order valence-electron chi connectivity index (χ4n) is 1.94. The molecule has 0 saturated heterocycles. The maximum atomic E-state index is 9.71. The summed E-state index contributed by atoms with van der Waals surface area (Å²) in [6.07, 6.45) is 7.35. The zero-order valence-electron chi connectivity index (χ0n) is 10.3. The molecule has 4 nitrogen and oxygen atoms in total. The number of furan rings is 1. The summed E-state index contributed by atoms with van der Waals surface area (Å²) in [5, 5.41) is 10.7. The van der Waals surface area contributed by atoms with E-state index < -0.39 is 6.10 Å². The Balaban J connectivity index is 1.99. The summed E-state index contributed by atoms with van der Waals surface area (Å²) >= 11 is 0. The number of likely N-dealkylation sites (N-methyl/N-ethyl adjacent to an activating group) is 1. The molecule has 1 unspecified atom stereocenters. The van der Waals surface area contributed by atoms with Gasteiger partial charge in [0.05, 0.1) is 5.22 Å². The predicted molar refractivity (Wildman–Crippen MR) is 66.2 cm³/mol. The number of nitrogens with zero attached hydrogens (tertiary/aromatic N) is 1. The van der Waals surface area contributed by atoms with Crippen molar-refractivity contribution in [3.05, 3.63) is 16.9 Å². The lowest BCUT2D eigenvalue weighted by molar-refractivity contribution is 0.0825. The normalized spacial score (nSPS) is 16.0. The van der Waals surface area contributed by atoms with Gasteiger partial charge in [-0.05, 0) is 33.0 Å². The molecule has 1 aliphatic carbocycles. The molecule has 17 heavy (non-hydrogen) atoms. The highest BCUT2D eigenvalue weighted by atomic mass is 16.5. The molecule has 1 atom stereocenters. The van der Waals surface area contributed by atoms with Crippen LogP contribution >= 0.6 is 0 Å². The van der Waals surface area contributed by atoms with E-state index in [2.05, 4.69) is 12.2 Å². The van der Waals surface area contributed by atoms with Crippen molar-refractivity contribution in [2.75, 3.05) is 27.2 Å². The lowest BCUT2D eigenvalue weighted by Crippen LogP contribution is -2.32. The first-order chi connectivity index (χ1) is 8.16. The van der Waals surface area contributed by atoms with E-state index in [1.807, 2.05) is 19.0 Å². The van der Waals surface area contributed by atoms with Crippen molar-refractivity contribution in [3.63, 3.8) is 0 Å². The highest BCUT2D eigenvalue weighted by Gasteiger charge is 2.10. The first-order valence-corrected chi connectivity index (χ1v) is 5.90. The van der Waals surface area contributed by atoms with Gasteiger partial charge in [0.1, 0.15) is 24.4 Å². The summed E-state index contributed by atoms with van der Waals surface area (Å²) in [6, 6.07) is 0. The summed E-state index contributed by atoms with van der Waals surface area (Å²) < 4.78 is 11.0. The second-order valence-electron chi connectivity index (χ2n) is 4.59. The molecule has 2 rings (SSSR count). The fraction of sp³-hybridized carbons (Fsp3) is 0.538. The molecule has 1 N–H and O–H groups in total. The van der Waals surface area contributed by atoms with Crippen molar-refractivity contribution in [2.24, 2.45) is 0 Å². The molecule has 4 heteroatoms. The number of hydrogen-bond acceptors (Lipinski definition) is 4. The molecule has 1 aliphatic rings. The van der Waals surface area contributed by atoms with E-state index in [9.17, 15) is 5.11 Å². The molecule has 0 aromatic carbocycles. The standard InChI is InChI=1S/C13H19NO3/c1-14(2)7-10(15)8-16-13-9-17-12-6-4-3-5-11(12)13/h5-6,9-10,15H,3-4,7-8H2,1-2H3. The van der Waals surface area contributed by atoms with Crippen LogP contribution in [-0.2, 0) is 0 Å². The summed E-state index contributed by atoms with van der Waals surface area (Å²) in [4.78, 5) is 1.93. The number of rotatable bonds is 5. The first-order valence-electron chi connectivity index (χ1n) is 5.90. The molecule has 0 bridgehead atoms. The van der Waals surface area contributed by atoms with E-state index in [1.54, 1.807) is 6.26 Å². The number of ether oxygens (including phenoxy) is 1. The lowest BCUT2D eigenvalue weighted by atomic mass is 10.2. The van der Waals surface area contributed by atoms with Crippen LogP contribution in [0.5, 0.6) is 5.75 Å². The molecule has 0 aliphatic heterocycles. The van der Waals surface area contributed by atoms with Crippen molar-refractivity contribution < 1.29 is 14.3 Å². The van der Waals surface area contributed by atoms with Crippen molar-refractivity contribution >= 4 is 12.2 Å². The average Bonchev–Trinajstić information content (AvgIpc) is 2.69. The molecule has 1 heterocycles. The van der Waals surface area contributed by atoms with E-state index in [4.69, 9.17) is 9.15 Å². The van der Waals surface area contributed by atoms with Crippen molar-refractivity contribution in [3.8, 4) is 5.75 Å². The van der Waals surface area contributed by atoms with Gasteiger partial charge in [0.25, 0.3) is 0 Å². The fourth-order valence-corrected chi connectivity index (χ4v) is 1.94. The van der Waals surface area contributed by atoms with E-state index in [-0.39, 0.29) is 6.61 Å². The summed E-state index contributed by atoms with van der Waals surface area (Å²) in [6.45, 7) is 0.883. The lowest BCUT2D eigenvalue weighted by Gasteiger charge is -2.15. The van der Waals surface area contributed by atoms with E-state index in [1.165, 1.54) is 0 Å². The van der Waals surface area contributed by atoms with E-state index in [0.29, 0.717) is 6.54 Å². The van der Waals surface area contributed by atoms with Crippen LogP contribution < -0.4 is 15.4 Å². The molecule has 0 amide bonds. The SMILES string of the molecule is CN(C)CC(O)COc1coc2c1=CCCC=2. The maximum absolute atomic E-state index is 9.71. The molecular weight excluding hydrogens is 218 g/mol. The zero-order valence-corrected chi connectivity index (χ0v) is 10.3. The first kappa shape index (κ1) is 12.2. The largest absolute Gasteiger partial charge is 0.487 e. The van der Waals surface area contributed by atoms with Crippen LogP contribution in [-0.4, -0.2) is 43.4 Å². The van der Waals surface area contributed by atoms with Crippen molar-refractivity contribution in [1.29, 1.82) is 0 Å². The van der Waals surface area contributed by atoms with Crippen LogP contribution in [0, 0.1) is 0 Å². The van der Waals surface area contributed by atoms with Crippen LogP contribution in [0.4, 0.5) is 0 Å². The van der Waals surface area contributed by atoms with Gasteiger partial charge >= 0.3 is 0 Å². The van der Waals surface area contributed by atoms with Crippen LogP contribution in [0.2, 0.25) is 0 Å². The third kappa shape index (κ3) is 3.11. The molecule has 0 saturated carbocycles. The second-order valence-corrected chi connectivity index (χ2v) is 4.59. The Labute approximate surface area is 101 Å². The minimum absolute atomic E-state index is 0.290. The molecular formula is C13H19NO3. The summed E-state index contributed by atoms with van der Waals surface area (Å²) in [5.41, 5.74) is 0.883. The molecule has 0 spiro atoms.